The van der Waals surface area contributed by atoms with Gasteiger partial charge in [0.1, 0.15) is 23.9 Å². The summed E-state index contributed by atoms with van der Waals surface area (Å²) in [5, 5.41) is 19.7. The third-order valence-electron chi connectivity index (χ3n) is 13.6. The number of aryl methyl sites for hydroxylation is 1. The van der Waals surface area contributed by atoms with Crippen molar-refractivity contribution in [2.45, 2.75) is 104 Å². The quantitative estimate of drug-likeness (QED) is 0.0927. The molecule has 4 aromatic rings. The Morgan fingerprint density at radius 1 is 1.12 bits per heavy atom. The maximum Gasteiger partial charge on any atom is 0.324 e. The monoisotopic (exact) mass is 916 g/mol. The number of carbonyl (C=O) groups excluding carboxylic acids is 5. The van der Waals surface area contributed by atoms with Crippen molar-refractivity contribution in [3.8, 4) is 28.1 Å². The van der Waals surface area contributed by atoms with Gasteiger partial charge in [-0.3, -0.25) is 34.0 Å². The molecule has 3 fully saturated rings. The van der Waals surface area contributed by atoms with Gasteiger partial charge in [0, 0.05) is 93.7 Å². The second-order valence-electron chi connectivity index (χ2n) is 19.6. The highest BCUT2D eigenvalue weighted by molar-refractivity contribution is 5.96. The molecule has 0 radical (unpaired) electrons. The van der Waals surface area contributed by atoms with Crippen LogP contribution >= 0.6 is 0 Å². The molecule has 8 rings (SSSR count). The van der Waals surface area contributed by atoms with Gasteiger partial charge >= 0.3 is 5.97 Å². The molecule has 16 heteroatoms. The first kappa shape index (κ1) is 47.4. The number of hydrogen-bond donors (Lipinski definition) is 4. The molecular weight excluding hydrogens is 853 g/mol. The first-order valence-corrected chi connectivity index (χ1v) is 23.4. The Morgan fingerprint density at radius 2 is 1.88 bits per heavy atom. The Labute approximate surface area is 392 Å². The van der Waals surface area contributed by atoms with Gasteiger partial charge in [0.2, 0.25) is 17.7 Å². The number of esters is 1. The third-order valence-corrected chi connectivity index (χ3v) is 13.6. The van der Waals surface area contributed by atoms with Gasteiger partial charge in [0.25, 0.3) is 5.91 Å². The number of benzene rings is 2. The molecule has 6 bridgehead atoms. The van der Waals surface area contributed by atoms with Crippen molar-refractivity contribution in [3.05, 3.63) is 83.7 Å². The number of phenols is 1. The van der Waals surface area contributed by atoms with Gasteiger partial charge in [0.15, 0.2) is 0 Å². The number of rotatable bonds is 11. The highest BCUT2D eigenvalue weighted by Crippen LogP contribution is 2.42. The minimum absolute atomic E-state index is 0.0186. The molecule has 0 unspecified atom stereocenters. The van der Waals surface area contributed by atoms with Gasteiger partial charge in [-0.1, -0.05) is 32.6 Å². The standard InChI is InChI=1S/C51H64N8O8/c1-9-58-42-15-14-33-23-37(42)38(46(58)36-12-10-16-52-44(36)30(4)66-8)24-51(5,6)28-67-50(65)39-13-11-17-59(55-39)49(64)40(20-31-18-34(33)22-35(60)19-31)54-47(62)45(29(2)3)56(7)43(61)21-32-26-57(27-32)48(63)41-25-53-41/h10,12,14-16,18-19,22-23,30,32,39-41,45,53,55,60H,2,9,11,13,17,20-21,24-28H2,1,3-8H3,(H,54,62)/t30-,39-,40-,41+,45-/m0/s1. The zero-order valence-corrected chi connectivity index (χ0v) is 39.7. The summed E-state index contributed by atoms with van der Waals surface area (Å²) >= 11 is 0. The molecule has 0 saturated carbocycles. The van der Waals surface area contributed by atoms with Crippen molar-refractivity contribution in [2.75, 3.05) is 46.9 Å². The number of aromatic nitrogens is 2. The number of phenolic OH excluding ortho intramolecular Hbond substituents is 1. The number of methoxy groups -OCH3 is 1. The maximum absolute atomic E-state index is 14.7. The van der Waals surface area contributed by atoms with Crippen LogP contribution in [0.5, 0.6) is 5.75 Å². The van der Waals surface area contributed by atoms with E-state index in [-0.39, 0.29) is 61.6 Å². The van der Waals surface area contributed by atoms with Crippen molar-refractivity contribution in [1.29, 1.82) is 0 Å². The van der Waals surface area contributed by atoms with E-state index < -0.39 is 41.3 Å². The zero-order chi connectivity index (χ0) is 47.9. The molecule has 2 aromatic carbocycles. The largest absolute Gasteiger partial charge is 0.508 e. The Balaban J connectivity index is 1.16. The lowest BCUT2D eigenvalue weighted by Crippen LogP contribution is -2.62. The third kappa shape index (κ3) is 9.97. The molecule has 0 spiro atoms. The summed E-state index contributed by atoms with van der Waals surface area (Å²) in [5.41, 5.74) is 9.88. The van der Waals surface area contributed by atoms with Gasteiger partial charge in [-0.05, 0) is 104 Å². The predicted octanol–water partition coefficient (Wildman–Crippen LogP) is 4.68. The lowest BCUT2D eigenvalue weighted by Gasteiger charge is -2.40. The van der Waals surface area contributed by atoms with Gasteiger partial charge in [0.05, 0.1) is 30.1 Å². The zero-order valence-electron chi connectivity index (χ0n) is 39.7. The number of nitrogens with one attached hydrogen (secondary N) is 3. The number of aromatic hydroxyl groups is 1. The maximum atomic E-state index is 14.7. The minimum Gasteiger partial charge on any atom is -0.508 e. The van der Waals surface area contributed by atoms with E-state index in [9.17, 15) is 29.1 Å². The number of likely N-dealkylation sites (tertiary alicyclic amines) is 1. The molecule has 356 valence electrons. The van der Waals surface area contributed by atoms with E-state index >= 15 is 0 Å². The van der Waals surface area contributed by atoms with Crippen LogP contribution in [0.3, 0.4) is 0 Å². The first-order valence-electron chi connectivity index (χ1n) is 23.4. The molecule has 4 aliphatic rings. The van der Waals surface area contributed by atoms with E-state index in [1.807, 2.05) is 25.1 Å². The topological polar surface area (TPSA) is 198 Å². The average Bonchev–Trinajstić information content (AvgIpc) is 4.10. The summed E-state index contributed by atoms with van der Waals surface area (Å²) in [6, 6.07) is 12.2. The van der Waals surface area contributed by atoms with E-state index in [1.165, 1.54) is 9.91 Å². The SMILES string of the molecule is C=C(C)[C@@H](C(=O)N[C@H]1Cc2cc(O)cc(c2)-c2ccc3c(c2)c(c(-c2cccnc2[C@H](C)OC)n3CC)CC(C)(C)COC(=O)[C@@H]2CCCN(N2)C1=O)N(C)C(=O)CC1CN(C(=O)[C@H]2CN2)C1. The summed E-state index contributed by atoms with van der Waals surface area (Å²) in [5.74, 6) is -1.88. The van der Waals surface area contributed by atoms with Crippen LogP contribution in [0.2, 0.25) is 0 Å². The summed E-state index contributed by atoms with van der Waals surface area (Å²) in [6.45, 7) is 16.6. The van der Waals surface area contributed by atoms with Crippen molar-refractivity contribution < 1.29 is 38.6 Å². The molecule has 4 aliphatic heterocycles. The summed E-state index contributed by atoms with van der Waals surface area (Å²) in [4.78, 5) is 77.0. The number of ether oxygens (including phenoxy) is 2. The van der Waals surface area contributed by atoms with E-state index in [1.54, 1.807) is 44.3 Å². The number of cyclic esters (lactones) is 1. The van der Waals surface area contributed by atoms with Crippen LogP contribution in [0.4, 0.5) is 0 Å². The van der Waals surface area contributed by atoms with Crippen LogP contribution in [0, 0.1) is 11.3 Å². The molecule has 16 nitrogen and oxygen atoms in total. The average molecular weight is 917 g/mol. The second kappa shape index (κ2) is 19.2. The lowest BCUT2D eigenvalue weighted by molar-refractivity contribution is -0.155. The molecule has 67 heavy (non-hydrogen) atoms. The van der Waals surface area contributed by atoms with Gasteiger partial charge in [-0.15, -0.1) is 0 Å². The van der Waals surface area contributed by atoms with E-state index in [2.05, 4.69) is 66.2 Å². The number of nitrogens with zero attached hydrogens (tertiary/aromatic N) is 5. The molecule has 6 heterocycles. The van der Waals surface area contributed by atoms with Crippen molar-refractivity contribution >= 4 is 40.5 Å². The van der Waals surface area contributed by atoms with Crippen LogP contribution in [-0.2, 0) is 52.8 Å². The van der Waals surface area contributed by atoms with Crippen molar-refractivity contribution in [3.63, 3.8) is 0 Å². The van der Waals surface area contributed by atoms with E-state index in [0.717, 1.165) is 39.0 Å². The number of amides is 4. The van der Waals surface area contributed by atoms with Crippen molar-refractivity contribution in [1.82, 2.24) is 40.4 Å². The number of carbonyl (C=O) groups is 5. The second-order valence-corrected chi connectivity index (χ2v) is 19.6. The highest BCUT2D eigenvalue weighted by Gasteiger charge is 2.41. The van der Waals surface area contributed by atoms with E-state index in [4.69, 9.17) is 14.5 Å². The van der Waals surface area contributed by atoms with Crippen molar-refractivity contribution in [2.24, 2.45) is 11.3 Å². The fourth-order valence-electron chi connectivity index (χ4n) is 9.92. The molecule has 5 atom stereocenters. The fraction of sp³-hybridized carbons (Fsp3) is 0.490. The number of hydrazine groups is 1. The van der Waals surface area contributed by atoms with E-state index in [0.29, 0.717) is 62.1 Å². The summed E-state index contributed by atoms with van der Waals surface area (Å²) in [7, 11) is 3.21. The van der Waals surface area contributed by atoms with Gasteiger partial charge < -0.3 is 39.6 Å². The van der Waals surface area contributed by atoms with Crippen LogP contribution in [-0.4, -0.2) is 130 Å². The highest BCUT2D eigenvalue weighted by atomic mass is 16.5. The number of pyridine rings is 1. The summed E-state index contributed by atoms with van der Waals surface area (Å²) in [6.07, 6.45) is 3.08. The van der Waals surface area contributed by atoms with Crippen LogP contribution in [0.15, 0.2) is 66.9 Å². The predicted molar refractivity (Wildman–Crippen MR) is 253 cm³/mol. The number of hydrogen-bond acceptors (Lipinski definition) is 11. The molecule has 3 saturated heterocycles. The Hall–Kier alpha value is -6.10. The Kier molecular flexibility index (Phi) is 13.6. The fourth-order valence-corrected chi connectivity index (χ4v) is 9.92. The molecule has 4 N–H and O–H groups in total. The Bertz CT molecular complexity index is 2600. The van der Waals surface area contributed by atoms with Gasteiger partial charge in [-0.2, -0.15) is 0 Å². The van der Waals surface area contributed by atoms with Crippen LogP contribution in [0.1, 0.15) is 76.8 Å². The Morgan fingerprint density at radius 3 is 2.58 bits per heavy atom. The minimum atomic E-state index is -1.19. The lowest BCUT2D eigenvalue weighted by atomic mass is 9.84. The van der Waals surface area contributed by atoms with Crippen LogP contribution < -0.4 is 16.1 Å². The normalized spacial score (nSPS) is 21.7. The number of likely N-dealkylation sites (N-methyl/N-ethyl adjacent to an activating group) is 1. The molecule has 2 aromatic heterocycles. The van der Waals surface area contributed by atoms with Gasteiger partial charge in [-0.25, -0.2) is 5.43 Å². The summed E-state index contributed by atoms with van der Waals surface area (Å²) < 4.78 is 14.2. The number of fused-ring (bicyclic) bond motifs is 6. The smallest absolute Gasteiger partial charge is 0.324 e. The molecule has 0 aliphatic carbocycles. The van der Waals surface area contributed by atoms with Crippen LogP contribution in [0.25, 0.3) is 33.3 Å². The molecule has 4 amide bonds. The first-order chi connectivity index (χ1) is 32.0. The molecular formula is C51H64N8O8.